The summed E-state index contributed by atoms with van der Waals surface area (Å²) in [5.41, 5.74) is 1.30. The summed E-state index contributed by atoms with van der Waals surface area (Å²) in [7, 11) is 2.11. The van der Waals surface area contributed by atoms with Crippen LogP contribution in [-0.4, -0.2) is 34.7 Å². The Bertz CT molecular complexity index is 1030. The Labute approximate surface area is 193 Å². The van der Waals surface area contributed by atoms with Gasteiger partial charge in [0.2, 0.25) is 0 Å². The molecule has 0 N–H and O–H groups in total. The zero-order valence-electron chi connectivity index (χ0n) is 18.6. The van der Waals surface area contributed by atoms with Crippen molar-refractivity contribution in [2.24, 2.45) is 0 Å². The second-order valence-electron chi connectivity index (χ2n) is 7.30. The monoisotopic (exact) mass is 470 g/mol. The minimum absolute atomic E-state index is 0.203. The maximum atomic E-state index is 12.3. The molecular weight excluding hydrogens is 448 g/mol. The Kier molecular flexibility index (Phi) is 8.09. The average Bonchev–Trinajstić information content (AvgIpc) is 2.70. The standard InChI is InChI=1S/C24H22O6S2/c1-11(25)17-7-19(13(3)27)23(20(8-17)14(4)28)31-32-24-21(15(5)29)9-18(12(2)26)10-22(24)16(6)30/h7-10H,1-6H3. The first kappa shape index (κ1) is 25.4. The third-order valence-electron chi connectivity index (χ3n) is 4.72. The molecule has 0 unspecified atom stereocenters. The molecule has 32 heavy (non-hydrogen) atoms. The summed E-state index contributed by atoms with van der Waals surface area (Å²) in [6.07, 6.45) is 0. The number of Topliss-reactive ketones (excluding diaryl/α,β-unsaturated/α-hetero) is 6. The van der Waals surface area contributed by atoms with E-state index in [4.69, 9.17) is 0 Å². The summed E-state index contributed by atoms with van der Waals surface area (Å²) in [4.78, 5) is 73.7. The number of benzene rings is 2. The van der Waals surface area contributed by atoms with Gasteiger partial charge in [0.25, 0.3) is 0 Å². The molecule has 0 atom stereocenters. The molecule has 0 saturated heterocycles. The molecule has 8 heteroatoms. The third kappa shape index (κ3) is 5.49. The quantitative estimate of drug-likeness (QED) is 0.340. The van der Waals surface area contributed by atoms with E-state index in [0.717, 1.165) is 21.6 Å². The molecule has 0 aliphatic rings. The van der Waals surface area contributed by atoms with E-state index in [-0.39, 0.29) is 68.1 Å². The molecule has 2 rings (SSSR count). The van der Waals surface area contributed by atoms with Crippen LogP contribution in [0.4, 0.5) is 0 Å². The minimum atomic E-state index is -0.329. The molecule has 0 fully saturated rings. The van der Waals surface area contributed by atoms with Crippen LogP contribution in [0.1, 0.15) is 104 Å². The highest BCUT2D eigenvalue weighted by Gasteiger charge is 2.23. The largest absolute Gasteiger partial charge is 0.295 e. The zero-order valence-corrected chi connectivity index (χ0v) is 20.2. The summed E-state index contributed by atoms with van der Waals surface area (Å²) < 4.78 is 0. The van der Waals surface area contributed by atoms with Crippen LogP contribution in [-0.2, 0) is 0 Å². The van der Waals surface area contributed by atoms with Gasteiger partial charge in [0.1, 0.15) is 0 Å². The van der Waals surface area contributed by atoms with Gasteiger partial charge >= 0.3 is 0 Å². The minimum Gasteiger partial charge on any atom is -0.295 e. The lowest BCUT2D eigenvalue weighted by Crippen LogP contribution is -2.08. The van der Waals surface area contributed by atoms with Crippen LogP contribution in [0.3, 0.4) is 0 Å². The molecule has 0 saturated carbocycles. The highest BCUT2D eigenvalue weighted by Crippen LogP contribution is 2.45. The normalized spacial score (nSPS) is 10.6. The molecule has 0 aliphatic heterocycles. The lowest BCUT2D eigenvalue weighted by molar-refractivity contribution is 0.0986. The van der Waals surface area contributed by atoms with Gasteiger partial charge in [-0.25, -0.2) is 0 Å². The molecule has 0 amide bonds. The van der Waals surface area contributed by atoms with Gasteiger partial charge in [-0.15, -0.1) is 0 Å². The van der Waals surface area contributed by atoms with Crippen LogP contribution < -0.4 is 0 Å². The SMILES string of the molecule is CC(=O)c1cc(C(C)=O)c(SSc2c(C(C)=O)cc(C(C)=O)cc2C(C)=O)c(C(C)=O)c1. The topological polar surface area (TPSA) is 102 Å². The van der Waals surface area contributed by atoms with Crippen molar-refractivity contribution >= 4 is 56.3 Å². The Morgan fingerprint density at radius 2 is 0.656 bits per heavy atom. The van der Waals surface area contributed by atoms with Crippen molar-refractivity contribution in [3.63, 3.8) is 0 Å². The second kappa shape index (κ2) is 10.2. The van der Waals surface area contributed by atoms with E-state index in [1.165, 1.54) is 65.8 Å². The number of hydrogen-bond donors (Lipinski definition) is 0. The summed E-state index contributed by atoms with van der Waals surface area (Å²) in [6, 6.07) is 5.76. The van der Waals surface area contributed by atoms with Gasteiger partial charge < -0.3 is 0 Å². The molecule has 2 aromatic carbocycles. The van der Waals surface area contributed by atoms with Crippen molar-refractivity contribution in [2.75, 3.05) is 0 Å². The number of ketones is 6. The van der Waals surface area contributed by atoms with Crippen LogP contribution >= 0.6 is 21.6 Å². The molecule has 6 nitrogen and oxygen atoms in total. The molecule has 0 heterocycles. The number of hydrogen-bond acceptors (Lipinski definition) is 8. The fourth-order valence-electron chi connectivity index (χ4n) is 2.97. The van der Waals surface area contributed by atoms with Crippen molar-refractivity contribution in [2.45, 2.75) is 51.3 Å². The van der Waals surface area contributed by atoms with E-state index in [0.29, 0.717) is 9.79 Å². The predicted molar refractivity (Wildman–Crippen MR) is 125 cm³/mol. The molecule has 0 spiro atoms. The highest BCUT2D eigenvalue weighted by atomic mass is 33.1. The first-order valence-electron chi connectivity index (χ1n) is 9.61. The average molecular weight is 471 g/mol. The van der Waals surface area contributed by atoms with Crippen molar-refractivity contribution in [3.8, 4) is 0 Å². The van der Waals surface area contributed by atoms with Crippen molar-refractivity contribution in [1.82, 2.24) is 0 Å². The summed E-state index contributed by atoms with van der Waals surface area (Å²) in [6.45, 7) is 8.03. The van der Waals surface area contributed by atoms with Gasteiger partial charge in [-0.3, -0.25) is 28.8 Å². The number of carbonyl (C=O) groups excluding carboxylic acids is 6. The number of carbonyl (C=O) groups is 6. The zero-order chi connectivity index (χ0) is 24.3. The number of rotatable bonds is 9. The van der Waals surface area contributed by atoms with Crippen molar-refractivity contribution in [1.29, 1.82) is 0 Å². The lowest BCUT2D eigenvalue weighted by atomic mass is 9.99. The Morgan fingerprint density at radius 3 is 0.812 bits per heavy atom. The van der Waals surface area contributed by atoms with Crippen LogP contribution in [0.5, 0.6) is 0 Å². The van der Waals surface area contributed by atoms with Gasteiger partial charge in [-0.05, 0) is 65.8 Å². The van der Waals surface area contributed by atoms with Gasteiger partial charge in [0, 0.05) is 43.2 Å². The Morgan fingerprint density at radius 1 is 0.438 bits per heavy atom. The molecule has 0 aliphatic carbocycles. The predicted octanol–water partition coefficient (Wildman–Crippen LogP) is 5.70. The summed E-state index contributed by atoms with van der Waals surface area (Å²) in [5, 5.41) is 0. The van der Waals surface area contributed by atoms with Crippen LogP contribution in [0.15, 0.2) is 34.1 Å². The fraction of sp³-hybridized carbons (Fsp3) is 0.250. The molecule has 0 bridgehead atoms. The Balaban J connectivity index is 2.71. The second-order valence-corrected chi connectivity index (χ2v) is 9.45. The van der Waals surface area contributed by atoms with E-state index in [1.54, 1.807) is 0 Å². The van der Waals surface area contributed by atoms with E-state index < -0.39 is 0 Å². The van der Waals surface area contributed by atoms with Gasteiger partial charge in [0.05, 0.1) is 0 Å². The highest BCUT2D eigenvalue weighted by molar-refractivity contribution is 8.76. The van der Waals surface area contributed by atoms with Gasteiger partial charge in [0.15, 0.2) is 34.7 Å². The first-order valence-corrected chi connectivity index (χ1v) is 11.8. The van der Waals surface area contributed by atoms with Crippen molar-refractivity contribution in [3.05, 3.63) is 57.6 Å². The van der Waals surface area contributed by atoms with Gasteiger partial charge in [-0.1, -0.05) is 21.6 Å². The van der Waals surface area contributed by atoms with E-state index in [2.05, 4.69) is 0 Å². The molecule has 0 aromatic heterocycles. The van der Waals surface area contributed by atoms with Crippen LogP contribution in [0.25, 0.3) is 0 Å². The molecule has 0 radical (unpaired) electrons. The van der Waals surface area contributed by atoms with Crippen LogP contribution in [0, 0.1) is 0 Å². The summed E-state index contributed by atoms with van der Waals surface area (Å²) >= 11 is 0. The first-order chi connectivity index (χ1) is 14.8. The fourth-order valence-corrected chi connectivity index (χ4v) is 5.89. The molecule has 166 valence electrons. The van der Waals surface area contributed by atoms with Crippen molar-refractivity contribution < 1.29 is 28.8 Å². The maximum Gasteiger partial charge on any atom is 0.161 e. The van der Waals surface area contributed by atoms with Crippen LogP contribution in [0.2, 0.25) is 0 Å². The molecular formula is C24H22O6S2. The third-order valence-corrected chi connectivity index (χ3v) is 7.26. The van der Waals surface area contributed by atoms with E-state index in [1.807, 2.05) is 0 Å². The maximum absolute atomic E-state index is 12.3. The Hall–Kier alpha value is -2.84. The van der Waals surface area contributed by atoms with E-state index >= 15 is 0 Å². The van der Waals surface area contributed by atoms with Gasteiger partial charge in [-0.2, -0.15) is 0 Å². The molecule has 2 aromatic rings. The van der Waals surface area contributed by atoms with E-state index in [9.17, 15) is 28.8 Å². The lowest BCUT2D eigenvalue weighted by Gasteiger charge is -2.16. The summed E-state index contributed by atoms with van der Waals surface area (Å²) in [5.74, 6) is -1.88. The smallest absolute Gasteiger partial charge is 0.161 e.